The van der Waals surface area contributed by atoms with Crippen LogP contribution in [0.1, 0.15) is 20.3 Å². The summed E-state index contributed by atoms with van der Waals surface area (Å²) in [4.78, 5) is 0. The number of hydrogen-bond acceptors (Lipinski definition) is 0. The maximum Gasteiger partial charge on any atom is -0.00133 e. The molecule has 0 aromatic rings. The Kier molecular flexibility index (Phi) is 2.49. The summed E-state index contributed by atoms with van der Waals surface area (Å²) in [5.74, 6) is 0.648. The quantitative estimate of drug-likeness (QED) is 0.483. The molecule has 1 atom stereocenters. The van der Waals surface area contributed by atoms with Crippen molar-refractivity contribution in [1.82, 2.24) is 0 Å². The van der Waals surface area contributed by atoms with Crippen LogP contribution in [0.2, 0.25) is 0 Å². The predicted molar refractivity (Wildman–Crippen MR) is 45.8 cm³/mol. The molecule has 1 unspecified atom stereocenters. The second-order valence-corrected chi connectivity index (χ2v) is 2.74. The molecule has 1 rings (SSSR count). The first-order chi connectivity index (χ1) is 4.83. The lowest BCUT2D eigenvalue weighted by atomic mass is 9.97. The average Bonchev–Trinajstić information content (AvgIpc) is 1.88. The normalized spacial score (nSPS) is 25.4. The Labute approximate surface area is 62.9 Å². The van der Waals surface area contributed by atoms with Crippen LogP contribution in [-0.4, -0.2) is 0 Å². The molecule has 0 saturated carbocycles. The number of hydrogen-bond donors (Lipinski definition) is 0. The Morgan fingerprint density at radius 1 is 1.60 bits per heavy atom. The van der Waals surface area contributed by atoms with Crippen molar-refractivity contribution in [2.24, 2.45) is 5.92 Å². The van der Waals surface area contributed by atoms with Gasteiger partial charge in [-0.2, -0.15) is 0 Å². The van der Waals surface area contributed by atoms with Gasteiger partial charge in [0.2, 0.25) is 0 Å². The fraction of sp³-hybridized carbons (Fsp3) is 0.400. The highest BCUT2D eigenvalue weighted by Crippen LogP contribution is 2.16. The van der Waals surface area contributed by atoms with Crippen LogP contribution in [0.5, 0.6) is 0 Å². The summed E-state index contributed by atoms with van der Waals surface area (Å²) in [6, 6.07) is 0. The summed E-state index contributed by atoms with van der Waals surface area (Å²) in [7, 11) is 0. The molecule has 0 amide bonds. The Morgan fingerprint density at radius 2 is 2.40 bits per heavy atom. The summed E-state index contributed by atoms with van der Waals surface area (Å²) in [5, 5.41) is 0. The molecule has 0 radical (unpaired) electrons. The van der Waals surface area contributed by atoms with E-state index >= 15 is 0 Å². The molecule has 54 valence electrons. The van der Waals surface area contributed by atoms with Gasteiger partial charge in [0.05, 0.1) is 0 Å². The number of rotatable bonds is 1. The lowest BCUT2D eigenvalue weighted by molar-refractivity contribution is 0.811. The van der Waals surface area contributed by atoms with Crippen molar-refractivity contribution in [2.75, 3.05) is 0 Å². The van der Waals surface area contributed by atoms with E-state index in [9.17, 15) is 0 Å². The molecule has 1 aliphatic carbocycles. The van der Waals surface area contributed by atoms with E-state index in [0.717, 1.165) is 0 Å². The van der Waals surface area contributed by atoms with Crippen LogP contribution in [0, 0.1) is 5.92 Å². The van der Waals surface area contributed by atoms with E-state index in [2.05, 4.69) is 44.2 Å². The Balaban J connectivity index is 2.59. The van der Waals surface area contributed by atoms with Crippen LogP contribution in [0.3, 0.4) is 0 Å². The molecular formula is C10H14. The summed E-state index contributed by atoms with van der Waals surface area (Å²) in [6.07, 6.45) is 12.3. The van der Waals surface area contributed by atoms with E-state index in [1.807, 2.05) is 0 Å². The van der Waals surface area contributed by atoms with Gasteiger partial charge in [-0.3, -0.25) is 0 Å². The predicted octanol–water partition coefficient (Wildman–Crippen LogP) is 3.08. The van der Waals surface area contributed by atoms with Gasteiger partial charge < -0.3 is 0 Å². The molecule has 0 bridgehead atoms. The van der Waals surface area contributed by atoms with E-state index in [-0.39, 0.29) is 0 Å². The van der Waals surface area contributed by atoms with Gasteiger partial charge in [0, 0.05) is 0 Å². The van der Waals surface area contributed by atoms with Crippen molar-refractivity contribution in [3.8, 4) is 0 Å². The minimum atomic E-state index is 0.648. The molecule has 0 saturated heterocycles. The Hall–Kier alpha value is -0.780. The van der Waals surface area contributed by atoms with Gasteiger partial charge in [-0.05, 0) is 26.2 Å². The van der Waals surface area contributed by atoms with E-state index < -0.39 is 0 Å². The highest BCUT2D eigenvalue weighted by molar-refractivity contribution is 5.23. The minimum Gasteiger partial charge on any atom is -0.0911 e. The zero-order chi connectivity index (χ0) is 7.40. The summed E-state index contributed by atoms with van der Waals surface area (Å²) >= 11 is 0. The maximum atomic E-state index is 2.31. The second kappa shape index (κ2) is 3.40. The molecule has 0 aliphatic heterocycles. The first-order valence-corrected chi connectivity index (χ1v) is 3.80. The van der Waals surface area contributed by atoms with Gasteiger partial charge >= 0.3 is 0 Å². The molecule has 0 N–H and O–H groups in total. The molecule has 1 aliphatic rings. The summed E-state index contributed by atoms with van der Waals surface area (Å²) in [6.45, 7) is 4.22. The second-order valence-electron chi connectivity index (χ2n) is 2.74. The van der Waals surface area contributed by atoms with Crippen molar-refractivity contribution < 1.29 is 0 Å². The van der Waals surface area contributed by atoms with E-state index in [0.29, 0.717) is 5.92 Å². The van der Waals surface area contributed by atoms with Crippen molar-refractivity contribution >= 4 is 0 Å². The van der Waals surface area contributed by atoms with Gasteiger partial charge in [0.25, 0.3) is 0 Å². The fourth-order valence-corrected chi connectivity index (χ4v) is 1.25. The van der Waals surface area contributed by atoms with Crippen LogP contribution >= 0.6 is 0 Å². The maximum absolute atomic E-state index is 2.31. The molecule has 0 heteroatoms. The molecular weight excluding hydrogens is 120 g/mol. The van der Waals surface area contributed by atoms with Gasteiger partial charge in [-0.15, -0.1) is 0 Å². The third-order valence-electron chi connectivity index (χ3n) is 1.71. The Bertz CT molecular complexity index is 182. The Morgan fingerprint density at radius 3 is 3.00 bits per heavy atom. The molecule has 0 fully saturated rings. The third kappa shape index (κ3) is 1.87. The standard InChI is InChI=1S/C10H14/c1-3-5-10-7-4-6-9(2)8-10/h3-6,8,10H,7H2,1-2H3/b5-3+. The molecule has 0 heterocycles. The van der Waals surface area contributed by atoms with Crippen LogP contribution in [0.15, 0.2) is 36.0 Å². The van der Waals surface area contributed by atoms with Crippen LogP contribution in [0.25, 0.3) is 0 Å². The molecule has 0 spiro atoms. The smallest absolute Gasteiger partial charge is 0.00133 e. The molecule has 10 heavy (non-hydrogen) atoms. The van der Waals surface area contributed by atoms with Gasteiger partial charge in [0.1, 0.15) is 0 Å². The zero-order valence-electron chi connectivity index (χ0n) is 6.67. The first kappa shape index (κ1) is 7.33. The third-order valence-corrected chi connectivity index (χ3v) is 1.71. The molecule has 0 aromatic heterocycles. The topological polar surface area (TPSA) is 0 Å². The van der Waals surface area contributed by atoms with Crippen molar-refractivity contribution in [2.45, 2.75) is 20.3 Å². The van der Waals surface area contributed by atoms with Crippen LogP contribution < -0.4 is 0 Å². The lowest BCUT2D eigenvalue weighted by Crippen LogP contribution is -1.94. The monoisotopic (exact) mass is 134 g/mol. The SMILES string of the molecule is C/C=C/C1C=C(C)C=CC1. The highest BCUT2D eigenvalue weighted by atomic mass is 14.1. The van der Waals surface area contributed by atoms with Crippen molar-refractivity contribution in [3.63, 3.8) is 0 Å². The molecule has 0 aromatic carbocycles. The minimum absolute atomic E-state index is 0.648. The first-order valence-electron chi connectivity index (χ1n) is 3.80. The van der Waals surface area contributed by atoms with Gasteiger partial charge in [-0.25, -0.2) is 0 Å². The lowest BCUT2D eigenvalue weighted by Gasteiger charge is -2.09. The van der Waals surface area contributed by atoms with Crippen LogP contribution in [-0.2, 0) is 0 Å². The fourth-order valence-electron chi connectivity index (χ4n) is 1.25. The summed E-state index contributed by atoms with van der Waals surface area (Å²) in [5.41, 5.74) is 1.38. The average molecular weight is 134 g/mol. The zero-order valence-corrected chi connectivity index (χ0v) is 6.67. The largest absolute Gasteiger partial charge is 0.0911 e. The highest BCUT2D eigenvalue weighted by Gasteiger charge is 2.01. The van der Waals surface area contributed by atoms with Crippen molar-refractivity contribution in [3.05, 3.63) is 36.0 Å². The van der Waals surface area contributed by atoms with Gasteiger partial charge in [0.15, 0.2) is 0 Å². The molecule has 0 nitrogen and oxygen atoms in total. The van der Waals surface area contributed by atoms with Crippen LogP contribution in [0.4, 0.5) is 0 Å². The van der Waals surface area contributed by atoms with Crippen molar-refractivity contribution in [1.29, 1.82) is 0 Å². The van der Waals surface area contributed by atoms with E-state index in [1.165, 1.54) is 12.0 Å². The number of allylic oxidation sites excluding steroid dienone is 6. The van der Waals surface area contributed by atoms with Gasteiger partial charge in [-0.1, -0.05) is 36.0 Å². The summed E-state index contributed by atoms with van der Waals surface area (Å²) < 4.78 is 0. The van der Waals surface area contributed by atoms with E-state index in [4.69, 9.17) is 0 Å². The van der Waals surface area contributed by atoms with E-state index in [1.54, 1.807) is 0 Å².